The van der Waals surface area contributed by atoms with Crippen molar-refractivity contribution < 1.29 is 4.74 Å². The first kappa shape index (κ1) is 13.3. The Morgan fingerprint density at radius 3 is 3.06 bits per heavy atom. The van der Waals surface area contributed by atoms with Crippen molar-refractivity contribution >= 4 is 0 Å². The molecule has 1 aliphatic rings. The number of pyridine rings is 1. The number of hydrogen-bond donors (Lipinski definition) is 1. The molecule has 100 valence electrons. The second kappa shape index (κ2) is 6.19. The van der Waals surface area contributed by atoms with Crippen LogP contribution in [0.15, 0.2) is 18.3 Å². The van der Waals surface area contributed by atoms with E-state index in [9.17, 15) is 0 Å². The van der Waals surface area contributed by atoms with Crippen molar-refractivity contribution in [1.29, 1.82) is 0 Å². The van der Waals surface area contributed by atoms with Gasteiger partial charge in [-0.15, -0.1) is 0 Å². The lowest BCUT2D eigenvalue weighted by Crippen LogP contribution is -2.27. The zero-order valence-electron chi connectivity index (χ0n) is 11.4. The summed E-state index contributed by atoms with van der Waals surface area (Å²) in [5.41, 5.74) is 7.34. The second-order valence-corrected chi connectivity index (χ2v) is 5.32. The summed E-state index contributed by atoms with van der Waals surface area (Å²) in [5.74, 6) is 2.21. The lowest BCUT2D eigenvalue weighted by atomic mass is 9.76. The van der Waals surface area contributed by atoms with Crippen LogP contribution >= 0.6 is 0 Å². The number of hydrogen-bond acceptors (Lipinski definition) is 3. The maximum Gasteiger partial charge on any atom is 0.141 e. The highest BCUT2D eigenvalue weighted by atomic mass is 16.5. The van der Waals surface area contributed by atoms with E-state index in [2.05, 4.69) is 11.9 Å². The van der Waals surface area contributed by atoms with Crippen LogP contribution in [-0.2, 0) is 0 Å². The van der Waals surface area contributed by atoms with Crippen molar-refractivity contribution in [3.8, 4) is 5.75 Å². The summed E-state index contributed by atoms with van der Waals surface area (Å²) < 4.78 is 5.37. The molecule has 0 spiro atoms. The quantitative estimate of drug-likeness (QED) is 0.889. The van der Waals surface area contributed by atoms with Crippen molar-refractivity contribution in [1.82, 2.24) is 4.98 Å². The highest BCUT2D eigenvalue weighted by Gasteiger charge is 2.28. The molecular weight excluding hydrogens is 224 g/mol. The topological polar surface area (TPSA) is 48.1 Å². The fraction of sp³-hybridized carbons (Fsp3) is 0.667. The van der Waals surface area contributed by atoms with Crippen LogP contribution in [0.2, 0.25) is 0 Å². The van der Waals surface area contributed by atoms with Crippen LogP contribution in [0.5, 0.6) is 5.75 Å². The third kappa shape index (κ3) is 2.83. The Morgan fingerprint density at radius 1 is 1.50 bits per heavy atom. The molecule has 0 saturated heterocycles. The SMILES string of the molecule is CCC1CCCC(C(N)c2ncccc2OC)C1. The summed E-state index contributed by atoms with van der Waals surface area (Å²) in [6, 6.07) is 3.85. The molecule has 3 atom stereocenters. The van der Waals surface area contributed by atoms with Gasteiger partial charge in [0.15, 0.2) is 0 Å². The zero-order valence-corrected chi connectivity index (χ0v) is 11.4. The molecule has 1 saturated carbocycles. The lowest BCUT2D eigenvalue weighted by molar-refractivity contribution is 0.225. The molecule has 1 aliphatic carbocycles. The Hall–Kier alpha value is -1.09. The van der Waals surface area contributed by atoms with Crippen LogP contribution in [0.3, 0.4) is 0 Å². The van der Waals surface area contributed by atoms with Crippen LogP contribution in [0.1, 0.15) is 50.8 Å². The van der Waals surface area contributed by atoms with Gasteiger partial charge >= 0.3 is 0 Å². The fourth-order valence-corrected chi connectivity index (χ4v) is 3.08. The molecule has 0 amide bonds. The first-order chi connectivity index (χ1) is 8.76. The number of ether oxygens (including phenoxy) is 1. The molecule has 0 radical (unpaired) electrons. The van der Waals surface area contributed by atoms with Crippen molar-refractivity contribution in [3.05, 3.63) is 24.0 Å². The normalized spacial score (nSPS) is 25.7. The van der Waals surface area contributed by atoms with Gasteiger partial charge in [-0.25, -0.2) is 0 Å². The maximum atomic E-state index is 6.42. The highest BCUT2D eigenvalue weighted by Crippen LogP contribution is 2.38. The minimum absolute atomic E-state index is 0.00972. The Bertz CT molecular complexity index is 381. The summed E-state index contributed by atoms with van der Waals surface area (Å²) in [7, 11) is 1.68. The van der Waals surface area contributed by atoms with E-state index in [1.54, 1.807) is 13.3 Å². The van der Waals surface area contributed by atoms with Crippen molar-refractivity contribution in [3.63, 3.8) is 0 Å². The largest absolute Gasteiger partial charge is 0.495 e. The third-order valence-corrected chi connectivity index (χ3v) is 4.24. The van der Waals surface area contributed by atoms with Gasteiger partial charge in [0.1, 0.15) is 5.75 Å². The Morgan fingerprint density at radius 2 is 2.33 bits per heavy atom. The third-order valence-electron chi connectivity index (χ3n) is 4.24. The van der Waals surface area contributed by atoms with E-state index < -0.39 is 0 Å². The van der Waals surface area contributed by atoms with Gasteiger partial charge in [-0.3, -0.25) is 4.98 Å². The molecular formula is C15H24N2O. The first-order valence-electron chi connectivity index (χ1n) is 7.00. The molecule has 3 nitrogen and oxygen atoms in total. The molecule has 0 aromatic carbocycles. The van der Waals surface area contributed by atoms with Crippen LogP contribution < -0.4 is 10.5 Å². The van der Waals surface area contributed by atoms with E-state index in [0.29, 0.717) is 5.92 Å². The smallest absolute Gasteiger partial charge is 0.141 e. The summed E-state index contributed by atoms with van der Waals surface area (Å²) in [4.78, 5) is 4.43. The van der Waals surface area contributed by atoms with Crippen molar-refractivity contribution in [2.75, 3.05) is 7.11 Å². The Kier molecular flexibility index (Phi) is 4.59. The van der Waals surface area contributed by atoms with Crippen LogP contribution in [-0.4, -0.2) is 12.1 Å². The van der Waals surface area contributed by atoms with Crippen LogP contribution in [0, 0.1) is 11.8 Å². The predicted molar refractivity (Wildman–Crippen MR) is 73.5 cm³/mol. The molecule has 1 heterocycles. The number of nitrogens with zero attached hydrogens (tertiary/aromatic N) is 1. The van der Waals surface area contributed by atoms with Gasteiger partial charge in [-0.2, -0.15) is 0 Å². The standard InChI is InChI=1S/C15H24N2O/c1-3-11-6-4-7-12(10-11)14(16)15-13(18-2)8-5-9-17-15/h5,8-9,11-12,14H,3-4,6-7,10,16H2,1-2H3. The summed E-state index contributed by atoms with van der Waals surface area (Å²) in [5, 5.41) is 0. The van der Waals surface area contributed by atoms with E-state index in [4.69, 9.17) is 10.5 Å². The average Bonchev–Trinajstić information content (AvgIpc) is 2.46. The van der Waals surface area contributed by atoms with Crippen LogP contribution in [0.4, 0.5) is 0 Å². The molecule has 1 aromatic heterocycles. The molecule has 1 fully saturated rings. The minimum Gasteiger partial charge on any atom is -0.495 e. The number of nitrogens with two attached hydrogens (primary N) is 1. The molecule has 0 bridgehead atoms. The van der Waals surface area contributed by atoms with Gasteiger partial charge in [0.25, 0.3) is 0 Å². The second-order valence-electron chi connectivity index (χ2n) is 5.32. The molecule has 0 aliphatic heterocycles. The average molecular weight is 248 g/mol. The van der Waals surface area contributed by atoms with E-state index >= 15 is 0 Å². The lowest BCUT2D eigenvalue weighted by Gasteiger charge is -2.32. The number of aromatic nitrogens is 1. The summed E-state index contributed by atoms with van der Waals surface area (Å²) in [6.45, 7) is 2.28. The molecule has 3 unspecified atom stereocenters. The van der Waals surface area contributed by atoms with Gasteiger partial charge in [0, 0.05) is 6.20 Å². The number of rotatable bonds is 4. The zero-order chi connectivity index (χ0) is 13.0. The predicted octanol–water partition coefficient (Wildman–Crippen LogP) is 3.31. The van der Waals surface area contributed by atoms with E-state index in [0.717, 1.165) is 17.4 Å². The van der Waals surface area contributed by atoms with E-state index in [-0.39, 0.29) is 6.04 Å². The van der Waals surface area contributed by atoms with Gasteiger partial charge in [0.2, 0.25) is 0 Å². The first-order valence-corrected chi connectivity index (χ1v) is 7.00. The summed E-state index contributed by atoms with van der Waals surface area (Å²) in [6.07, 6.45) is 8.18. The van der Waals surface area contributed by atoms with Gasteiger partial charge in [-0.05, 0) is 36.8 Å². The van der Waals surface area contributed by atoms with E-state index in [1.165, 1.54) is 32.1 Å². The van der Waals surface area contributed by atoms with E-state index in [1.807, 2.05) is 12.1 Å². The molecule has 2 rings (SSSR count). The molecule has 2 N–H and O–H groups in total. The van der Waals surface area contributed by atoms with Gasteiger partial charge < -0.3 is 10.5 Å². The number of methoxy groups -OCH3 is 1. The van der Waals surface area contributed by atoms with Gasteiger partial charge in [0.05, 0.1) is 18.8 Å². The molecule has 18 heavy (non-hydrogen) atoms. The Balaban J connectivity index is 2.12. The highest BCUT2D eigenvalue weighted by molar-refractivity contribution is 5.29. The monoisotopic (exact) mass is 248 g/mol. The van der Waals surface area contributed by atoms with Gasteiger partial charge in [-0.1, -0.05) is 26.2 Å². The van der Waals surface area contributed by atoms with Crippen molar-refractivity contribution in [2.45, 2.75) is 45.1 Å². The minimum atomic E-state index is 0.00972. The molecule has 3 heteroatoms. The Labute approximate surface area is 110 Å². The van der Waals surface area contributed by atoms with Crippen molar-refractivity contribution in [2.24, 2.45) is 17.6 Å². The molecule has 1 aromatic rings. The fourth-order valence-electron chi connectivity index (χ4n) is 3.08. The maximum absolute atomic E-state index is 6.42. The van der Waals surface area contributed by atoms with Crippen LogP contribution in [0.25, 0.3) is 0 Å². The summed E-state index contributed by atoms with van der Waals surface area (Å²) >= 11 is 0.